The average Bonchev–Trinajstić information content (AvgIpc) is 2.65. The molecule has 0 aliphatic carbocycles. The molecule has 0 aromatic heterocycles. The van der Waals surface area contributed by atoms with Gasteiger partial charge in [0.2, 0.25) is 0 Å². The van der Waals surface area contributed by atoms with Crippen molar-refractivity contribution in [1.82, 2.24) is 0 Å². The summed E-state index contributed by atoms with van der Waals surface area (Å²) < 4.78 is 43.2. The molecule has 1 N–H and O–H groups in total. The van der Waals surface area contributed by atoms with Crippen molar-refractivity contribution in [1.29, 1.82) is 5.26 Å². The van der Waals surface area contributed by atoms with Gasteiger partial charge in [-0.3, -0.25) is 14.9 Å². The number of nitrogens with one attached hydrogen (secondary N) is 1. The normalized spacial score (nSPS) is 11.5. The molecule has 0 saturated carbocycles. The van der Waals surface area contributed by atoms with E-state index in [4.69, 9.17) is 4.74 Å². The average molecular weight is 391 g/mol. The number of nitrogens with zero attached hydrogens (tertiary/aromatic N) is 2. The van der Waals surface area contributed by atoms with E-state index in [-0.39, 0.29) is 17.0 Å². The van der Waals surface area contributed by atoms with E-state index in [1.807, 2.05) is 0 Å². The molecule has 0 spiro atoms. The van der Waals surface area contributed by atoms with Gasteiger partial charge >= 0.3 is 6.18 Å². The number of nitriles is 1. The zero-order valence-corrected chi connectivity index (χ0v) is 14.3. The number of ether oxygens (including phenoxy) is 1. The first-order chi connectivity index (χ1) is 13.2. The summed E-state index contributed by atoms with van der Waals surface area (Å²) in [6.45, 7) is 0. The van der Waals surface area contributed by atoms with Gasteiger partial charge in [-0.05, 0) is 35.9 Å². The third-order valence-corrected chi connectivity index (χ3v) is 3.54. The number of halogens is 3. The fraction of sp³-hybridized carbons (Fsp3) is 0.111. The Hall–Kier alpha value is -3.87. The van der Waals surface area contributed by atoms with Gasteiger partial charge in [0.1, 0.15) is 23.1 Å². The molecule has 2 rings (SSSR count). The number of nitro benzene ring substituents is 1. The molecule has 1 amide bonds. The minimum absolute atomic E-state index is 0.0224. The Kier molecular flexibility index (Phi) is 6.00. The van der Waals surface area contributed by atoms with Gasteiger partial charge in [-0.15, -0.1) is 0 Å². The van der Waals surface area contributed by atoms with E-state index < -0.39 is 33.8 Å². The van der Waals surface area contributed by atoms with E-state index in [9.17, 15) is 33.3 Å². The van der Waals surface area contributed by atoms with Gasteiger partial charge in [0.25, 0.3) is 11.6 Å². The highest BCUT2D eigenvalue weighted by molar-refractivity contribution is 6.10. The molecule has 144 valence electrons. The molecule has 28 heavy (non-hydrogen) atoms. The zero-order chi connectivity index (χ0) is 20.9. The number of hydrogen-bond acceptors (Lipinski definition) is 5. The van der Waals surface area contributed by atoms with Gasteiger partial charge in [0, 0.05) is 0 Å². The standard InChI is InChI=1S/C18H12F3N3O4/c1-28-14-5-6-15(16(9-14)24(26)27)23-17(25)12(10-22)7-11-3-2-4-13(8-11)18(19,20)21/h2-9H,1H3,(H,23,25)/b12-7-. The molecule has 10 heteroatoms. The van der Waals surface area contributed by atoms with Crippen molar-refractivity contribution in [2.24, 2.45) is 0 Å². The summed E-state index contributed by atoms with van der Waals surface area (Å²) in [5, 5.41) is 22.5. The smallest absolute Gasteiger partial charge is 0.416 e. The van der Waals surface area contributed by atoms with E-state index in [2.05, 4.69) is 5.32 Å². The Bertz CT molecular complexity index is 994. The van der Waals surface area contributed by atoms with Crippen LogP contribution in [0, 0.1) is 21.4 Å². The third-order valence-electron chi connectivity index (χ3n) is 3.54. The van der Waals surface area contributed by atoms with E-state index in [0.29, 0.717) is 0 Å². The molecule has 0 heterocycles. The molecule has 0 unspecified atom stereocenters. The fourth-order valence-corrected chi connectivity index (χ4v) is 2.20. The molecule has 0 atom stereocenters. The molecule has 0 aliphatic rings. The number of benzene rings is 2. The number of methoxy groups -OCH3 is 1. The number of carbonyl (C=O) groups excluding carboxylic acids is 1. The van der Waals surface area contributed by atoms with Crippen molar-refractivity contribution in [3.63, 3.8) is 0 Å². The van der Waals surface area contributed by atoms with Crippen LogP contribution in [-0.2, 0) is 11.0 Å². The van der Waals surface area contributed by atoms with Gasteiger partial charge in [-0.25, -0.2) is 0 Å². The molecule has 0 bridgehead atoms. The van der Waals surface area contributed by atoms with Gasteiger partial charge in [0.05, 0.1) is 23.7 Å². The predicted molar refractivity (Wildman–Crippen MR) is 93.3 cm³/mol. The minimum Gasteiger partial charge on any atom is -0.496 e. The van der Waals surface area contributed by atoms with Gasteiger partial charge < -0.3 is 10.1 Å². The fourth-order valence-electron chi connectivity index (χ4n) is 2.20. The molecular formula is C18H12F3N3O4. The topological polar surface area (TPSA) is 105 Å². The molecule has 0 radical (unpaired) electrons. The predicted octanol–water partition coefficient (Wildman–Crippen LogP) is 4.17. The van der Waals surface area contributed by atoms with Crippen LogP contribution < -0.4 is 10.1 Å². The first kappa shape index (κ1) is 20.4. The summed E-state index contributed by atoms with van der Waals surface area (Å²) in [5.41, 5.74) is -2.15. The first-order valence-electron chi connectivity index (χ1n) is 7.58. The molecule has 2 aromatic carbocycles. The maximum absolute atomic E-state index is 12.8. The maximum Gasteiger partial charge on any atom is 0.416 e. The number of carbonyl (C=O) groups is 1. The number of hydrogen-bond donors (Lipinski definition) is 1. The number of anilines is 1. The van der Waals surface area contributed by atoms with E-state index in [1.54, 1.807) is 6.07 Å². The van der Waals surface area contributed by atoms with Crippen molar-refractivity contribution in [3.8, 4) is 11.8 Å². The van der Waals surface area contributed by atoms with Crippen LogP contribution in [0.1, 0.15) is 11.1 Å². The van der Waals surface area contributed by atoms with Crippen LogP contribution in [0.4, 0.5) is 24.5 Å². The van der Waals surface area contributed by atoms with Crippen LogP contribution in [0.2, 0.25) is 0 Å². The number of alkyl halides is 3. The highest BCUT2D eigenvalue weighted by Gasteiger charge is 2.30. The summed E-state index contributed by atoms with van der Waals surface area (Å²) in [7, 11) is 1.31. The van der Waals surface area contributed by atoms with Crippen molar-refractivity contribution < 1.29 is 27.6 Å². The SMILES string of the molecule is COc1ccc(NC(=O)/C(C#N)=C\c2cccc(C(F)(F)F)c2)c([N+](=O)[O-])c1. The second-order valence-corrected chi connectivity index (χ2v) is 5.39. The number of amides is 1. The van der Waals surface area contributed by atoms with Crippen LogP contribution in [0.5, 0.6) is 5.75 Å². The molecular weight excluding hydrogens is 379 g/mol. The minimum atomic E-state index is -4.58. The van der Waals surface area contributed by atoms with Crippen LogP contribution in [0.3, 0.4) is 0 Å². The third kappa shape index (κ3) is 4.85. The summed E-state index contributed by atoms with van der Waals surface area (Å²) in [6.07, 6.45) is -3.62. The van der Waals surface area contributed by atoms with Crippen molar-refractivity contribution in [3.05, 3.63) is 69.3 Å². The number of rotatable bonds is 5. The van der Waals surface area contributed by atoms with Crippen molar-refractivity contribution >= 4 is 23.4 Å². The lowest BCUT2D eigenvalue weighted by Gasteiger charge is -2.08. The molecule has 2 aromatic rings. The summed E-state index contributed by atoms with van der Waals surface area (Å²) in [6, 6.07) is 9.29. The molecule has 0 fully saturated rings. The first-order valence-corrected chi connectivity index (χ1v) is 7.58. The zero-order valence-electron chi connectivity index (χ0n) is 14.3. The van der Waals surface area contributed by atoms with Crippen molar-refractivity contribution in [2.75, 3.05) is 12.4 Å². The maximum atomic E-state index is 12.8. The van der Waals surface area contributed by atoms with E-state index in [1.165, 1.54) is 25.3 Å². The second kappa shape index (κ2) is 8.22. The Morgan fingerprint density at radius 1 is 1.29 bits per heavy atom. The molecule has 7 nitrogen and oxygen atoms in total. The Balaban J connectivity index is 2.34. The second-order valence-electron chi connectivity index (χ2n) is 5.39. The lowest BCUT2D eigenvalue weighted by atomic mass is 10.1. The summed E-state index contributed by atoms with van der Waals surface area (Å²) in [4.78, 5) is 22.7. The highest BCUT2D eigenvalue weighted by atomic mass is 19.4. The Morgan fingerprint density at radius 3 is 2.57 bits per heavy atom. The summed E-state index contributed by atoms with van der Waals surface area (Å²) in [5.74, 6) is -0.821. The van der Waals surface area contributed by atoms with Gasteiger partial charge in [-0.2, -0.15) is 18.4 Å². The van der Waals surface area contributed by atoms with Gasteiger partial charge in [-0.1, -0.05) is 12.1 Å². The lowest BCUT2D eigenvalue weighted by Crippen LogP contribution is -2.14. The highest BCUT2D eigenvalue weighted by Crippen LogP contribution is 2.31. The Labute approximate surface area is 156 Å². The van der Waals surface area contributed by atoms with Crippen LogP contribution in [0.25, 0.3) is 6.08 Å². The van der Waals surface area contributed by atoms with E-state index in [0.717, 1.165) is 30.3 Å². The largest absolute Gasteiger partial charge is 0.496 e. The summed E-state index contributed by atoms with van der Waals surface area (Å²) >= 11 is 0. The molecule has 0 aliphatic heterocycles. The molecule has 0 saturated heterocycles. The van der Waals surface area contributed by atoms with Crippen molar-refractivity contribution in [2.45, 2.75) is 6.18 Å². The monoisotopic (exact) mass is 391 g/mol. The van der Waals surface area contributed by atoms with E-state index >= 15 is 0 Å². The Morgan fingerprint density at radius 2 is 2.00 bits per heavy atom. The van der Waals surface area contributed by atoms with Crippen LogP contribution in [-0.4, -0.2) is 17.9 Å². The van der Waals surface area contributed by atoms with Gasteiger partial charge in [0.15, 0.2) is 0 Å². The van der Waals surface area contributed by atoms with Crippen LogP contribution >= 0.6 is 0 Å². The number of nitro groups is 1. The lowest BCUT2D eigenvalue weighted by molar-refractivity contribution is -0.384. The van der Waals surface area contributed by atoms with Crippen LogP contribution in [0.15, 0.2) is 48.0 Å². The quantitative estimate of drug-likeness (QED) is 0.356.